The molecule has 124 valence electrons. The molecule has 8 heteroatoms. The molecule has 7 nitrogen and oxygen atoms in total. The first-order valence-electron chi connectivity index (χ1n) is 7.81. The van der Waals surface area contributed by atoms with Crippen molar-refractivity contribution in [1.29, 1.82) is 0 Å². The maximum Gasteiger partial charge on any atom is 0.224 e. The fourth-order valence-corrected chi connectivity index (χ4v) is 3.45. The number of rotatable bonds is 6. The van der Waals surface area contributed by atoms with E-state index in [9.17, 15) is 4.79 Å². The maximum atomic E-state index is 12.3. The van der Waals surface area contributed by atoms with Gasteiger partial charge in [-0.3, -0.25) is 9.69 Å². The Morgan fingerprint density at radius 1 is 1.52 bits per heavy atom. The number of carbonyl (C=O) groups excluding carboxylic acids is 1. The Labute approximate surface area is 138 Å². The van der Waals surface area contributed by atoms with Gasteiger partial charge >= 0.3 is 0 Å². The second kappa shape index (κ2) is 7.56. The van der Waals surface area contributed by atoms with Crippen molar-refractivity contribution in [2.24, 2.45) is 5.92 Å². The lowest BCUT2D eigenvalue weighted by Gasteiger charge is -2.31. The van der Waals surface area contributed by atoms with Gasteiger partial charge in [-0.2, -0.15) is 0 Å². The third-order valence-electron chi connectivity index (χ3n) is 3.96. The molecule has 0 unspecified atom stereocenters. The standard InChI is InChI=1S/C15H21N5O2S/c16-15-19-18-13(23-15)5-6-17-14(21)11-3-1-7-20(9-11)10-12-4-2-8-22-12/h2,4,8,11H,1,3,5-7,9-10H2,(H2,16,19)(H,17,21)/t11-/m0/s1. The second-order valence-corrected chi connectivity index (χ2v) is 6.82. The number of nitrogen functional groups attached to an aromatic ring is 1. The summed E-state index contributed by atoms with van der Waals surface area (Å²) in [4.78, 5) is 14.6. The van der Waals surface area contributed by atoms with Crippen molar-refractivity contribution in [3.63, 3.8) is 0 Å². The molecule has 3 heterocycles. The highest BCUT2D eigenvalue weighted by Gasteiger charge is 2.25. The number of amides is 1. The molecule has 0 bridgehead atoms. The summed E-state index contributed by atoms with van der Waals surface area (Å²) in [6, 6.07) is 3.86. The zero-order valence-electron chi connectivity index (χ0n) is 12.9. The van der Waals surface area contributed by atoms with Gasteiger partial charge in [0.15, 0.2) is 0 Å². The van der Waals surface area contributed by atoms with Crippen molar-refractivity contribution >= 4 is 22.4 Å². The van der Waals surface area contributed by atoms with Crippen molar-refractivity contribution in [3.05, 3.63) is 29.2 Å². The second-order valence-electron chi connectivity index (χ2n) is 5.73. The molecule has 1 aliphatic heterocycles. The van der Waals surface area contributed by atoms with E-state index in [1.165, 1.54) is 11.3 Å². The Morgan fingerprint density at radius 2 is 2.43 bits per heavy atom. The smallest absolute Gasteiger partial charge is 0.224 e. The third-order valence-corrected chi connectivity index (χ3v) is 4.77. The van der Waals surface area contributed by atoms with Crippen LogP contribution in [-0.2, 0) is 17.8 Å². The van der Waals surface area contributed by atoms with Crippen LogP contribution < -0.4 is 11.1 Å². The van der Waals surface area contributed by atoms with Gasteiger partial charge in [-0.15, -0.1) is 10.2 Å². The van der Waals surface area contributed by atoms with Crippen molar-refractivity contribution in [3.8, 4) is 0 Å². The first-order valence-corrected chi connectivity index (χ1v) is 8.62. The summed E-state index contributed by atoms with van der Waals surface area (Å²) in [5, 5.41) is 12.0. The first kappa shape index (κ1) is 15.9. The van der Waals surface area contributed by atoms with Crippen LogP contribution >= 0.6 is 11.3 Å². The summed E-state index contributed by atoms with van der Waals surface area (Å²) in [7, 11) is 0. The molecule has 0 radical (unpaired) electrons. The highest BCUT2D eigenvalue weighted by Crippen LogP contribution is 2.19. The van der Waals surface area contributed by atoms with Gasteiger partial charge in [0, 0.05) is 19.5 Å². The Balaban J connectivity index is 1.43. The number of furan rings is 1. The Kier molecular flexibility index (Phi) is 5.24. The molecule has 0 aromatic carbocycles. The molecule has 1 aliphatic rings. The van der Waals surface area contributed by atoms with Crippen LogP contribution in [0.1, 0.15) is 23.6 Å². The maximum absolute atomic E-state index is 12.3. The summed E-state index contributed by atoms with van der Waals surface area (Å²) in [6.07, 6.45) is 4.32. The molecular formula is C15H21N5O2S. The van der Waals surface area contributed by atoms with Gasteiger partial charge in [-0.05, 0) is 31.5 Å². The van der Waals surface area contributed by atoms with E-state index in [-0.39, 0.29) is 11.8 Å². The minimum absolute atomic E-state index is 0.0400. The van der Waals surface area contributed by atoms with Crippen LogP contribution in [0.15, 0.2) is 22.8 Å². The van der Waals surface area contributed by atoms with Crippen LogP contribution in [0, 0.1) is 5.92 Å². The van der Waals surface area contributed by atoms with Gasteiger partial charge in [0.25, 0.3) is 0 Å². The number of nitrogens with one attached hydrogen (secondary N) is 1. The molecule has 1 amide bonds. The van der Waals surface area contributed by atoms with Crippen molar-refractivity contribution in [2.45, 2.75) is 25.8 Å². The predicted molar refractivity (Wildman–Crippen MR) is 87.7 cm³/mol. The van der Waals surface area contributed by atoms with Crippen molar-refractivity contribution < 1.29 is 9.21 Å². The minimum Gasteiger partial charge on any atom is -0.468 e. The lowest BCUT2D eigenvalue weighted by molar-refractivity contribution is -0.126. The third kappa shape index (κ3) is 4.52. The topological polar surface area (TPSA) is 97.3 Å². The monoisotopic (exact) mass is 335 g/mol. The van der Waals surface area contributed by atoms with Crippen molar-refractivity contribution in [1.82, 2.24) is 20.4 Å². The molecule has 3 N–H and O–H groups in total. The van der Waals surface area contributed by atoms with Gasteiger partial charge in [-0.25, -0.2) is 0 Å². The van der Waals surface area contributed by atoms with Crippen LogP contribution in [0.4, 0.5) is 5.13 Å². The average molecular weight is 335 g/mol. The molecule has 1 fully saturated rings. The first-order chi connectivity index (χ1) is 11.2. The highest BCUT2D eigenvalue weighted by atomic mass is 32.1. The normalized spacial score (nSPS) is 18.9. The summed E-state index contributed by atoms with van der Waals surface area (Å²) < 4.78 is 5.38. The van der Waals surface area contributed by atoms with Crippen LogP contribution in [0.3, 0.4) is 0 Å². The Hall–Kier alpha value is -1.93. The van der Waals surface area contributed by atoms with Gasteiger partial charge in [0.2, 0.25) is 11.0 Å². The van der Waals surface area contributed by atoms with E-state index in [4.69, 9.17) is 10.2 Å². The largest absolute Gasteiger partial charge is 0.468 e. The van der Waals surface area contributed by atoms with E-state index in [1.807, 2.05) is 12.1 Å². The molecule has 1 atom stereocenters. The number of piperidine rings is 1. The van der Waals surface area contributed by atoms with Gasteiger partial charge in [0.05, 0.1) is 18.7 Å². The number of carbonyl (C=O) groups is 1. The number of nitrogens with two attached hydrogens (primary N) is 1. The lowest BCUT2D eigenvalue weighted by Crippen LogP contribution is -2.43. The Bertz CT molecular complexity index is 628. The summed E-state index contributed by atoms with van der Waals surface area (Å²) >= 11 is 1.36. The molecule has 0 spiro atoms. The number of hydrogen-bond donors (Lipinski definition) is 2. The molecule has 3 rings (SSSR count). The number of hydrogen-bond acceptors (Lipinski definition) is 7. The van der Waals surface area contributed by atoms with E-state index in [1.54, 1.807) is 6.26 Å². The summed E-state index contributed by atoms with van der Waals surface area (Å²) in [6.45, 7) is 3.12. The van der Waals surface area contributed by atoms with Crippen LogP contribution in [0.2, 0.25) is 0 Å². The fraction of sp³-hybridized carbons (Fsp3) is 0.533. The van der Waals surface area contributed by atoms with E-state index in [2.05, 4.69) is 20.4 Å². The summed E-state index contributed by atoms with van der Waals surface area (Å²) in [5.41, 5.74) is 5.54. The van der Waals surface area contributed by atoms with E-state index in [0.29, 0.717) is 18.1 Å². The van der Waals surface area contributed by atoms with E-state index in [0.717, 1.165) is 43.2 Å². The SMILES string of the molecule is Nc1nnc(CCNC(=O)[C@H]2CCCN(Cc3ccco3)C2)s1. The van der Waals surface area contributed by atoms with E-state index >= 15 is 0 Å². The molecule has 2 aromatic rings. The summed E-state index contributed by atoms with van der Waals surface area (Å²) in [5.74, 6) is 1.10. The number of aromatic nitrogens is 2. The van der Waals surface area contributed by atoms with Gasteiger partial charge in [-0.1, -0.05) is 11.3 Å². The van der Waals surface area contributed by atoms with Crippen molar-refractivity contribution in [2.75, 3.05) is 25.4 Å². The highest BCUT2D eigenvalue weighted by molar-refractivity contribution is 7.15. The van der Waals surface area contributed by atoms with Gasteiger partial charge in [0.1, 0.15) is 10.8 Å². The molecule has 0 aliphatic carbocycles. The quantitative estimate of drug-likeness (QED) is 0.825. The Morgan fingerprint density at radius 3 is 3.17 bits per heavy atom. The molecule has 2 aromatic heterocycles. The number of nitrogens with zero attached hydrogens (tertiary/aromatic N) is 3. The van der Waals surface area contributed by atoms with Crippen LogP contribution in [0.25, 0.3) is 0 Å². The van der Waals surface area contributed by atoms with Crippen LogP contribution in [0.5, 0.6) is 0 Å². The fourth-order valence-electron chi connectivity index (χ4n) is 2.84. The number of likely N-dealkylation sites (tertiary alicyclic amines) is 1. The minimum atomic E-state index is 0.0400. The zero-order chi connectivity index (χ0) is 16.1. The molecular weight excluding hydrogens is 314 g/mol. The zero-order valence-corrected chi connectivity index (χ0v) is 13.7. The number of anilines is 1. The lowest BCUT2D eigenvalue weighted by atomic mass is 9.97. The van der Waals surface area contributed by atoms with Gasteiger partial charge < -0.3 is 15.5 Å². The van der Waals surface area contributed by atoms with Crippen LogP contribution in [-0.4, -0.2) is 40.6 Å². The molecule has 1 saturated heterocycles. The van der Waals surface area contributed by atoms with E-state index < -0.39 is 0 Å². The predicted octanol–water partition coefficient (Wildman–Crippen LogP) is 1.28. The molecule has 23 heavy (non-hydrogen) atoms. The average Bonchev–Trinajstić information content (AvgIpc) is 3.19. The molecule has 0 saturated carbocycles.